The van der Waals surface area contributed by atoms with Gasteiger partial charge in [0.15, 0.2) is 0 Å². The molecule has 98 valence electrons. The standard InChI is InChI=1S/C12H15NO4S/c1-2-13-11(14)7-8-18(17)10-5-3-9(4-6-10)12(15)16/h3-6H,2,7-8H2,1H3,(H,13,14)(H,15,16). The van der Waals surface area contributed by atoms with E-state index >= 15 is 0 Å². The minimum absolute atomic E-state index is 0.131. The lowest BCUT2D eigenvalue weighted by Crippen LogP contribution is -2.24. The summed E-state index contributed by atoms with van der Waals surface area (Å²) in [5.74, 6) is -0.916. The van der Waals surface area contributed by atoms with Gasteiger partial charge in [0.05, 0.1) is 16.4 Å². The number of nitrogens with one attached hydrogen (secondary N) is 1. The topological polar surface area (TPSA) is 83.5 Å². The number of amides is 1. The Labute approximate surface area is 108 Å². The number of benzene rings is 1. The van der Waals surface area contributed by atoms with Gasteiger partial charge in [-0.25, -0.2) is 4.79 Å². The first-order valence-electron chi connectivity index (χ1n) is 5.53. The summed E-state index contributed by atoms with van der Waals surface area (Å²) in [6.07, 6.45) is 0.196. The first kappa shape index (κ1) is 14.4. The Bertz CT molecular complexity index is 456. The van der Waals surface area contributed by atoms with E-state index in [0.29, 0.717) is 11.4 Å². The average molecular weight is 269 g/mol. The molecule has 6 heteroatoms. The van der Waals surface area contributed by atoms with E-state index < -0.39 is 16.8 Å². The molecule has 0 radical (unpaired) electrons. The van der Waals surface area contributed by atoms with Crippen LogP contribution >= 0.6 is 0 Å². The molecule has 18 heavy (non-hydrogen) atoms. The van der Waals surface area contributed by atoms with Crippen molar-refractivity contribution >= 4 is 22.7 Å². The summed E-state index contributed by atoms with van der Waals surface area (Å²) >= 11 is 0. The zero-order chi connectivity index (χ0) is 13.5. The Morgan fingerprint density at radius 2 is 1.89 bits per heavy atom. The highest BCUT2D eigenvalue weighted by Gasteiger charge is 2.08. The molecule has 0 bridgehead atoms. The Kier molecular flexibility index (Phi) is 5.51. The number of rotatable bonds is 6. The lowest BCUT2D eigenvalue weighted by molar-refractivity contribution is -0.120. The maximum Gasteiger partial charge on any atom is 0.335 e. The molecule has 0 aromatic heterocycles. The van der Waals surface area contributed by atoms with Crippen molar-refractivity contribution in [1.29, 1.82) is 0 Å². The highest BCUT2D eigenvalue weighted by molar-refractivity contribution is 7.85. The van der Waals surface area contributed by atoms with Crippen LogP contribution in [0.25, 0.3) is 0 Å². The van der Waals surface area contributed by atoms with E-state index in [0.717, 1.165) is 0 Å². The molecular formula is C12H15NO4S. The maximum atomic E-state index is 11.8. The van der Waals surface area contributed by atoms with Crippen molar-refractivity contribution in [3.8, 4) is 0 Å². The number of carbonyl (C=O) groups is 2. The van der Waals surface area contributed by atoms with E-state index in [2.05, 4.69) is 5.32 Å². The van der Waals surface area contributed by atoms with Gasteiger partial charge in [-0.3, -0.25) is 9.00 Å². The minimum Gasteiger partial charge on any atom is -0.478 e. The van der Waals surface area contributed by atoms with Crippen LogP contribution in [0, 0.1) is 0 Å². The smallest absolute Gasteiger partial charge is 0.335 e. The van der Waals surface area contributed by atoms with Crippen LogP contribution in [-0.4, -0.2) is 33.5 Å². The first-order valence-corrected chi connectivity index (χ1v) is 6.85. The molecule has 1 atom stereocenters. The lowest BCUT2D eigenvalue weighted by atomic mass is 10.2. The van der Waals surface area contributed by atoms with Gasteiger partial charge >= 0.3 is 5.97 Å². The van der Waals surface area contributed by atoms with Gasteiger partial charge in [-0.15, -0.1) is 0 Å². The second-order valence-corrected chi connectivity index (χ2v) is 5.15. The zero-order valence-electron chi connectivity index (χ0n) is 10.0. The Balaban J connectivity index is 2.56. The fourth-order valence-corrected chi connectivity index (χ4v) is 2.38. The fraction of sp³-hybridized carbons (Fsp3) is 0.333. The van der Waals surface area contributed by atoms with Crippen molar-refractivity contribution in [2.45, 2.75) is 18.2 Å². The van der Waals surface area contributed by atoms with Crippen LogP contribution in [-0.2, 0) is 15.6 Å². The summed E-state index contributed by atoms with van der Waals surface area (Å²) in [6, 6.07) is 5.83. The Morgan fingerprint density at radius 3 is 2.39 bits per heavy atom. The minimum atomic E-state index is -1.28. The molecule has 1 unspecified atom stereocenters. The van der Waals surface area contributed by atoms with Gasteiger partial charge in [0.1, 0.15) is 0 Å². The van der Waals surface area contributed by atoms with E-state index in [4.69, 9.17) is 5.11 Å². The Hall–Kier alpha value is -1.69. The molecule has 0 spiro atoms. The zero-order valence-corrected chi connectivity index (χ0v) is 10.8. The molecule has 1 aromatic rings. The summed E-state index contributed by atoms with van der Waals surface area (Å²) < 4.78 is 11.8. The first-order chi connectivity index (χ1) is 8.54. The van der Waals surface area contributed by atoms with Crippen LogP contribution in [0.15, 0.2) is 29.2 Å². The molecule has 0 aliphatic carbocycles. The largest absolute Gasteiger partial charge is 0.478 e. The van der Waals surface area contributed by atoms with Gasteiger partial charge in [-0.2, -0.15) is 0 Å². The third-order valence-electron chi connectivity index (χ3n) is 2.25. The molecule has 0 heterocycles. The quantitative estimate of drug-likeness (QED) is 0.807. The second-order valence-electron chi connectivity index (χ2n) is 3.58. The van der Waals surface area contributed by atoms with E-state index in [1.807, 2.05) is 6.92 Å². The number of hydrogen-bond acceptors (Lipinski definition) is 3. The van der Waals surface area contributed by atoms with Crippen LogP contribution in [0.4, 0.5) is 0 Å². The van der Waals surface area contributed by atoms with Crippen LogP contribution in [0.1, 0.15) is 23.7 Å². The fourth-order valence-electron chi connectivity index (χ4n) is 1.34. The summed E-state index contributed by atoms with van der Waals surface area (Å²) in [6.45, 7) is 2.37. The van der Waals surface area contributed by atoms with Crippen molar-refractivity contribution in [2.24, 2.45) is 0 Å². The third kappa shape index (κ3) is 4.29. The van der Waals surface area contributed by atoms with Crippen LogP contribution in [0.3, 0.4) is 0 Å². The average Bonchev–Trinajstić information content (AvgIpc) is 2.36. The summed E-state index contributed by atoms with van der Waals surface area (Å²) in [5, 5.41) is 11.3. The van der Waals surface area contributed by atoms with Crippen molar-refractivity contribution in [3.05, 3.63) is 29.8 Å². The predicted octanol–water partition coefficient (Wildman–Crippen LogP) is 1.02. The molecule has 0 fully saturated rings. The van der Waals surface area contributed by atoms with Crippen molar-refractivity contribution in [1.82, 2.24) is 5.32 Å². The van der Waals surface area contributed by atoms with E-state index in [1.165, 1.54) is 24.3 Å². The van der Waals surface area contributed by atoms with Crippen LogP contribution < -0.4 is 5.32 Å². The molecule has 0 saturated heterocycles. The van der Waals surface area contributed by atoms with Crippen molar-refractivity contribution in [2.75, 3.05) is 12.3 Å². The normalized spacial score (nSPS) is 11.8. The molecule has 1 aromatic carbocycles. The number of hydrogen-bond donors (Lipinski definition) is 2. The van der Waals surface area contributed by atoms with Gasteiger partial charge in [0, 0.05) is 23.6 Å². The van der Waals surface area contributed by atoms with Crippen LogP contribution in [0.2, 0.25) is 0 Å². The number of carboxylic acid groups (broad SMARTS) is 1. The molecule has 0 saturated carbocycles. The molecular weight excluding hydrogens is 254 g/mol. The van der Waals surface area contributed by atoms with Gasteiger partial charge in [0.25, 0.3) is 0 Å². The molecule has 0 aliphatic rings. The highest BCUT2D eigenvalue weighted by Crippen LogP contribution is 2.10. The summed E-state index contributed by atoms with van der Waals surface area (Å²) in [7, 11) is -1.28. The van der Waals surface area contributed by atoms with Gasteiger partial charge < -0.3 is 10.4 Å². The van der Waals surface area contributed by atoms with Crippen molar-refractivity contribution < 1.29 is 18.9 Å². The molecule has 1 amide bonds. The molecule has 2 N–H and O–H groups in total. The molecule has 1 rings (SSSR count). The SMILES string of the molecule is CCNC(=O)CCS(=O)c1ccc(C(=O)O)cc1. The number of carboxylic acids is 1. The van der Waals surface area contributed by atoms with E-state index in [1.54, 1.807) is 0 Å². The van der Waals surface area contributed by atoms with E-state index in [-0.39, 0.29) is 23.6 Å². The predicted molar refractivity (Wildman–Crippen MR) is 68.0 cm³/mol. The third-order valence-corrected chi connectivity index (χ3v) is 3.63. The highest BCUT2D eigenvalue weighted by atomic mass is 32.2. The number of aromatic carboxylic acids is 1. The maximum absolute atomic E-state index is 11.8. The lowest BCUT2D eigenvalue weighted by Gasteiger charge is -2.03. The Morgan fingerprint density at radius 1 is 1.28 bits per heavy atom. The van der Waals surface area contributed by atoms with Gasteiger partial charge in [0.2, 0.25) is 5.91 Å². The van der Waals surface area contributed by atoms with E-state index in [9.17, 15) is 13.8 Å². The summed E-state index contributed by atoms with van der Waals surface area (Å²) in [5.41, 5.74) is 0.152. The second kappa shape index (κ2) is 6.90. The number of carbonyl (C=O) groups excluding carboxylic acids is 1. The van der Waals surface area contributed by atoms with Gasteiger partial charge in [-0.05, 0) is 31.2 Å². The molecule has 0 aliphatic heterocycles. The monoisotopic (exact) mass is 269 g/mol. The van der Waals surface area contributed by atoms with Gasteiger partial charge in [-0.1, -0.05) is 0 Å². The van der Waals surface area contributed by atoms with Crippen molar-refractivity contribution in [3.63, 3.8) is 0 Å². The van der Waals surface area contributed by atoms with Crippen LogP contribution in [0.5, 0.6) is 0 Å². The summed E-state index contributed by atoms with van der Waals surface area (Å²) in [4.78, 5) is 22.4. The molecule has 5 nitrogen and oxygen atoms in total.